The van der Waals surface area contributed by atoms with Gasteiger partial charge in [0.25, 0.3) is 0 Å². The largest absolute Gasteiger partial charge is 0.378 e. The molecule has 2 nitrogen and oxygen atoms in total. The second kappa shape index (κ2) is 6.03. The van der Waals surface area contributed by atoms with Crippen LogP contribution >= 0.6 is 0 Å². The van der Waals surface area contributed by atoms with Crippen molar-refractivity contribution >= 4 is 0 Å². The molecule has 2 unspecified atom stereocenters. The third-order valence-electron chi connectivity index (χ3n) is 2.92. The Morgan fingerprint density at radius 2 is 1.86 bits per heavy atom. The lowest BCUT2D eigenvalue weighted by atomic mass is 9.82. The van der Waals surface area contributed by atoms with Gasteiger partial charge in [-0.05, 0) is 37.5 Å². The number of nitriles is 1. The lowest BCUT2D eigenvalue weighted by Crippen LogP contribution is -2.26. The van der Waals surface area contributed by atoms with Gasteiger partial charge in [-0.2, -0.15) is 5.26 Å². The summed E-state index contributed by atoms with van der Waals surface area (Å²) >= 11 is 0. The Labute approximate surface area is 87.3 Å². The zero-order valence-electron chi connectivity index (χ0n) is 9.33. The van der Waals surface area contributed by atoms with Crippen molar-refractivity contribution in [2.24, 2.45) is 11.8 Å². The fraction of sp³-hybridized carbons (Fsp3) is 0.917. The highest BCUT2D eigenvalue weighted by Crippen LogP contribution is 2.30. The summed E-state index contributed by atoms with van der Waals surface area (Å²) in [6, 6.07) is 2.14. The van der Waals surface area contributed by atoms with Crippen molar-refractivity contribution in [1.29, 1.82) is 5.26 Å². The molecule has 2 heteroatoms. The Morgan fingerprint density at radius 1 is 1.21 bits per heavy atom. The summed E-state index contributed by atoms with van der Waals surface area (Å²) in [4.78, 5) is 0. The zero-order chi connectivity index (χ0) is 10.4. The summed E-state index contributed by atoms with van der Waals surface area (Å²) in [6.45, 7) is 5.38. The number of rotatable bonds is 4. The summed E-state index contributed by atoms with van der Waals surface area (Å²) in [5.41, 5.74) is 0. The topological polar surface area (TPSA) is 33.0 Å². The fourth-order valence-corrected chi connectivity index (χ4v) is 2.41. The third-order valence-corrected chi connectivity index (χ3v) is 2.92. The molecule has 2 atom stereocenters. The van der Waals surface area contributed by atoms with Crippen molar-refractivity contribution < 1.29 is 4.74 Å². The molecular weight excluding hydrogens is 174 g/mol. The number of hydrogen-bond acceptors (Lipinski definition) is 2. The molecular formula is C12H21NO. The van der Waals surface area contributed by atoms with Crippen LogP contribution in [-0.4, -0.2) is 12.7 Å². The second-order valence-electron chi connectivity index (χ2n) is 4.67. The fourth-order valence-electron chi connectivity index (χ4n) is 2.41. The van der Waals surface area contributed by atoms with E-state index in [1.165, 1.54) is 19.3 Å². The lowest BCUT2D eigenvalue weighted by Gasteiger charge is -2.31. The van der Waals surface area contributed by atoms with E-state index in [4.69, 9.17) is 10.00 Å². The van der Waals surface area contributed by atoms with Crippen molar-refractivity contribution in [2.75, 3.05) is 6.61 Å². The standard InChI is InChI=1S/C12H21NO/c1-10-7-11(2)9-12(8-10)14-6-4-3-5-13/h10-12H,3-4,6-9H2,1-2H3. The summed E-state index contributed by atoms with van der Waals surface area (Å²) in [5.74, 6) is 1.61. The van der Waals surface area contributed by atoms with Gasteiger partial charge in [0.05, 0.1) is 12.2 Å². The summed E-state index contributed by atoms with van der Waals surface area (Å²) < 4.78 is 5.77. The molecule has 1 rings (SSSR count). The first-order valence-corrected chi connectivity index (χ1v) is 5.71. The first-order valence-electron chi connectivity index (χ1n) is 5.71. The maximum Gasteiger partial charge on any atom is 0.0622 e. The molecule has 0 aliphatic heterocycles. The number of ether oxygens (including phenoxy) is 1. The van der Waals surface area contributed by atoms with E-state index < -0.39 is 0 Å². The molecule has 1 fully saturated rings. The van der Waals surface area contributed by atoms with Crippen LogP contribution in [0, 0.1) is 23.2 Å². The van der Waals surface area contributed by atoms with Gasteiger partial charge >= 0.3 is 0 Å². The SMILES string of the molecule is CC1CC(C)CC(OCCCC#N)C1. The molecule has 0 spiro atoms. The van der Waals surface area contributed by atoms with Crippen molar-refractivity contribution in [2.45, 2.75) is 52.1 Å². The number of hydrogen-bond donors (Lipinski definition) is 0. The van der Waals surface area contributed by atoms with Gasteiger partial charge in [-0.25, -0.2) is 0 Å². The Balaban J connectivity index is 2.14. The molecule has 14 heavy (non-hydrogen) atoms. The summed E-state index contributed by atoms with van der Waals surface area (Å²) in [7, 11) is 0. The van der Waals surface area contributed by atoms with E-state index in [0.29, 0.717) is 12.5 Å². The van der Waals surface area contributed by atoms with Gasteiger partial charge in [0.15, 0.2) is 0 Å². The molecule has 0 amide bonds. The highest BCUT2D eigenvalue weighted by atomic mass is 16.5. The normalized spacial score (nSPS) is 32.5. The predicted molar refractivity (Wildman–Crippen MR) is 56.8 cm³/mol. The van der Waals surface area contributed by atoms with Crippen LogP contribution in [0.2, 0.25) is 0 Å². The van der Waals surface area contributed by atoms with E-state index in [0.717, 1.165) is 24.9 Å². The molecule has 0 heterocycles. The van der Waals surface area contributed by atoms with Crippen molar-refractivity contribution in [3.05, 3.63) is 0 Å². The Bertz CT molecular complexity index is 187. The van der Waals surface area contributed by atoms with Crippen LogP contribution < -0.4 is 0 Å². The summed E-state index contributed by atoms with van der Waals surface area (Å²) in [6.07, 6.45) is 5.71. The molecule has 0 bridgehead atoms. The minimum atomic E-state index is 0.451. The van der Waals surface area contributed by atoms with Gasteiger partial charge in [0.1, 0.15) is 0 Å². The number of nitrogens with zero attached hydrogens (tertiary/aromatic N) is 1. The minimum Gasteiger partial charge on any atom is -0.378 e. The maximum absolute atomic E-state index is 8.38. The van der Waals surface area contributed by atoms with Gasteiger partial charge in [-0.1, -0.05) is 13.8 Å². The van der Waals surface area contributed by atoms with Gasteiger partial charge in [-0.3, -0.25) is 0 Å². The molecule has 80 valence electrons. The van der Waals surface area contributed by atoms with Gasteiger partial charge < -0.3 is 4.74 Å². The van der Waals surface area contributed by atoms with Crippen LogP contribution in [0.1, 0.15) is 46.0 Å². The molecule has 0 aromatic rings. The Morgan fingerprint density at radius 3 is 2.43 bits per heavy atom. The van der Waals surface area contributed by atoms with Crippen LogP contribution in [0.15, 0.2) is 0 Å². The average Bonchev–Trinajstić information content (AvgIpc) is 2.11. The first kappa shape index (κ1) is 11.5. The van der Waals surface area contributed by atoms with E-state index in [9.17, 15) is 0 Å². The molecule has 0 saturated heterocycles. The van der Waals surface area contributed by atoms with Gasteiger partial charge in [-0.15, -0.1) is 0 Å². The second-order valence-corrected chi connectivity index (χ2v) is 4.67. The third kappa shape index (κ3) is 4.11. The predicted octanol–water partition coefficient (Wildman–Crippen LogP) is 3.13. The van der Waals surface area contributed by atoms with Gasteiger partial charge in [0, 0.05) is 13.0 Å². The quantitative estimate of drug-likeness (QED) is 0.646. The van der Waals surface area contributed by atoms with Gasteiger partial charge in [0.2, 0.25) is 0 Å². The monoisotopic (exact) mass is 195 g/mol. The minimum absolute atomic E-state index is 0.451. The molecule has 1 aliphatic carbocycles. The molecule has 0 radical (unpaired) electrons. The first-order chi connectivity index (χ1) is 6.72. The van der Waals surface area contributed by atoms with Crippen molar-refractivity contribution in [3.63, 3.8) is 0 Å². The van der Waals surface area contributed by atoms with Crippen LogP contribution in [0.4, 0.5) is 0 Å². The van der Waals surface area contributed by atoms with E-state index >= 15 is 0 Å². The maximum atomic E-state index is 8.38. The highest BCUT2D eigenvalue weighted by molar-refractivity contribution is 4.75. The molecule has 0 aromatic carbocycles. The van der Waals surface area contributed by atoms with E-state index in [1.54, 1.807) is 0 Å². The number of unbranched alkanes of at least 4 members (excludes halogenated alkanes) is 1. The van der Waals surface area contributed by atoms with E-state index in [1.807, 2.05) is 0 Å². The van der Waals surface area contributed by atoms with Crippen LogP contribution in [0.3, 0.4) is 0 Å². The van der Waals surface area contributed by atoms with Crippen molar-refractivity contribution in [1.82, 2.24) is 0 Å². The van der Waals surface area contributed by atoms with E-state index in [2.05, 4.69) is 19.9 Å². The molecule has 1 saturated carbocycles. The highest BCUT2D eigenvalue weighted by Gasteiger charge is 2.23. The molecule has 0 aromatic heterocycles. The average molecular weight is 195 g/mol. The van der Waals surface area contributed by atoms with E-state index in [-0.39, 0.29) is 0 Å². The van der Waals surface area contributed by atoms with Crippen LogP contribution in [0.5, 0.6) is 0 Å². The Hall–Kier alpha value is -0.550. The lowest BCUT2D eigenvalue weighted by molar-refractivity contribution is 0.000443. The van der Waals surface area contributed by atoms with Crippen LogP contribution in [0.25, 0.3) is 0 Å². The van der Waals surface area contributed by atoms with Crippen molar-refractivity contribution in [3.8, 4) is 6.07 Å². The summed E-state index contributed by atoms with van der Waals surface area (Å²) in [5, 5.41) is 8.38. The molecule has 0 N–H and O–H groups in total. The molecule has 1 aliphatic rings. The zero-order valence-corrected chi connectivity index (χ0v) is 9.33. The smallest absolute Gasteiger partial charge is 0.0622 e. The Kier molecular flexibility index (Phi) is 4.97. The van der Waals surface area contributed by atoms with Crippen LogP contribution in [-0.2, 0) is 4.74 Å².